The Morgan fingerprint density at radius 3 is 2.31 bits per heavy atom. The van der Waals surface area contributed by atoms with Crippen LogP contribution in [-0.4, -0.2) is 47.6 Å². The number of thioether (sulfide) groups is 1. The maximum atomic E-state index is 11.3. The molecular weight excluding hydrogens is 246 g/mol. The van der Waals surface area contributed by atoms with Crippen LogP contribution in [0.25, 0.3) is 0 Å². The summed E-state index contributed by atoms with van der Waals surface area (Å²) in [4.78, 5) is 23.9. The van der Waals surface area contributed by atoms with Crippen LogP contribution in [0.4, 0.5) is 0 Å². The normalized spacial score (nSPS) is 9.44. The van der Waals surface area contributed by atoms with Gasteiger partial charge in [0.25, 0.3) is 0 Å². The van der Waals surface area contributed by atoms with Crippen LogP contribution in [0.2, 0.25) is 0 Å². The van der Waals surface area contributed by atoms with E-state index in [1.807, 2.05) is 14.1 Å². The van der Waals surface area contributed by atoms with Crippen molar-refractivity contribution < 1.29 is 9.59 Å². The molecule has 0 atom stereocenters. The number of rotatable bonds is 5. The average Bonchev–Trinajstić information content (AvgIpc) is 2.25. The first kappa shape index (κ1) is 15.2. The first-order valence-electron chi connectivity index (χ1n) is 4.84. The SMILES string of the molecule is CCC(=O)NCNC(=O)CSC(=S)N(C)C. The Hall–Kier alpha value is -0.820. The van der Waals surface area contributed by atoms with Gasteiger partial charge in [0, 0.05) is 20.5 Å². The minimum Gasteiger partial charge on any atom is -0.364 e. The predicted octanol–water partition coefficient (Wildman–Crippen LogP) is 0.166. The van der Waals surface area contributed by atoms with E-state index in [1.165, 1.54) is 11.8 Å². The van der Waals surface area contributed by atoms with E-state index < -0.39 is 0 Å². The largest absolute Gasteiger partial charge is 0.364 e. The summed E-state index contributed by atoms with van der Waals surface area (Å²) in [6.45, 7) is 1.92. The van der Waals surface area contributed by atoms with E-state index in [2.05, 4.69) is 10.6 Å². The number of carbonyl (C=O) groups is 2. The van der Waals surface area contributed by atoms with Gasteiger partial charge in [0.15, 0.2) is 0 Å². The minimum absolute atomic E-state index is 0.0863. The van der Waals surface area contributed by atoms with E-state index >= 15 is 0 Å². The molecule has 0 rings (SSSR count). The molecule has 2 N–H and O–H groups in total. The van der Waals surface area contributed by atoms with Crippen LogP contribution >= 0.6 is 24.0 Å². The number of carbonyl (C=O) groups excluding carboxylic acids is 2. The number of thiocarbonyl (C=S) groups is 1. The second-order valence-electron chi connectivity index (χ2n) is 3.18. The van der Waals surface area contributed by atoms with Crippen LogP contribution < -0.4 is 10.6 Å². The molecule has 0 aliphatic rings. The van der Waals surface area contributed by atoms with Gasteiger partial charge >= 0.3 is 0 Å². The number of nitrogens with one attached hydrogen (secondary N) is 2. The fourth-order valence-corrected chi connectivity index (χ4v) is 1.47. The molecule has 16 heavy (non-hydrogen) atoms. The van der Waals surface area contributed by atoms with Gasteiger partial charge in [0.05, 0.1) is 12.4 Å². The molecule has 0 spiro atoms. The topological polar surface area (TPSA) is 61.4 Å². The van der Waals surface area contributed by atoms with Crippen LogP contribution in [0, 0.1) is 0 Å². The molecule has 0 radical (unpaired) electrons. The van der Waals surface area contributed by atoms with Crippen molar-refractivity contribution in [2.45, 2.75) is 13.3 Å². The quantitative estimate of drug-likeness (QED) is 0.547. The van der Waals surface area contributed by atoms with Crippen molar-refractivity contribution in [2.24, 2.45) is 0 Å². The number of amides is 2. The Morgan fingerprint density at radius 2 is 1.81 bits per heavy atom. The third kappa shape index (κ3) is 7.47. The van der Waals surface area contributed by atoms with Gasteiger partial charge in [0.2, 0.25) is 11.8 Å². The standard InChI is InChI=1S/C9H17N3O2S2/c1-4-7(13)10-6-11-8(14)5-16-9(15)12(2)3/h4-6H2,1-3H3,(H,10,13)(H,11,14). The lowest BCUT2D eigenvalue weighted by atomic mass is 10.5. The van der Waals surface area contributed by atoms with Gasteiger partial charge in [-0.3, -0.25) is 9.59 Å². The lowest BCUT2D eigenvalue weighted by Gasteiger charge is -2.12. The smallest absolute Gasteiger partial charge is 0.231 e. The molecule has 0 unspecified atom stereocenters. The molecule has 0 aliphatic carbocycles. The Labute approximate surface area is 105 Å². The van der Waals surface area contributed by atoms with Crippen molar-refractivity contribution in [3.8, 4) is 0 Å². The summed E-state index contributed by atoms with van der Waals surface area (Å²) in [5.41, 5.74) is 0. The van der Waals surface area contributed by atoms with E-state index in [-0.39, 0.29) is 24.2 Å². The lowest BCUT2D eigenvalue weighted by Crippen LogP contribution is -2.38. The van der Waals surface area contributed by atoms with E-state index in [0.29, 0.717) is 10.7 Å². The highest BCUT2D eigenvalue weighted by atomic mass is 32.2. The number of hydrogen-bond donors (Lipinski definition) is 2. The first-order valence-corrected chi connectivity index (χ1v) is 6.24. The Kier molecular flexibility index (Phi) is 7.92. The molecule has 0 aromatic rings. The van der Waals surface area contributed by atoms with Crippen LogP contribution in [0.3, 0.4) is 0 Å². The molecular formula is C9H17N3O2S2. The number of hydrogen-bond acceptors (Lipinski definition) is 4. The van der Waals surface area contributed by atoms with Crippen LogP contribution in [0.1, 0.15) is 13.3 Å². The molecule has 0 aliphatic heterocycles. The first-order chi connectivity index (χ1) is 7.47. The van der Waals surface area contributed by atoms with Crippen molar-refractivity contribution in [2.75, 3.05) is 26.5 Å². The predicted molar refractivity (Wildman–Crippen MR) is 70.2 cm³/mol. The zero-order chi connectivity index (χ0) is 12.6. The molecule has 0 bridgehead atoms. The van der Waals surface area contributed by atoms with Crippen molar-refractivity contribution in [3.63, 3.8) is 0 Å². The third-order valence-corrected chi connectivity index (χ3v) is 3.32. The summed E-state index contributed by atoms with van der Waals surface area (Å²) < 4.78 is 0.660. The van der Waals surface area contributed by atoms with Crippen molar-refractivity contribution in [1.29, 1.82) is 0 Å². The second kappa shape index (κ2) is 8.35. The zero-order valence-electron chi connectivity index (χ0n) is 9.70. The van der Waals surface area contributed by atoms with Gasteiger partial charge < -0.3 is 15.5 Å². The highest BCUT2D eigenvalue weighted by Crippen LogP contribution is 2.05. The van der Waals surface area contributed by atoms with Crippen LogP contribution in [0.5, 0.6) is 0 Å². The summed E-state index contributed by atoms with van der Waals surface area (Å²) in [5, 5.41) is 5.12. The molecule has 0 saturated carbocycles. The van der Waals surface area contributed by atoms with Gasteiger partial charge in [0.1, 0.15) is 4.32 Å². The fourth-order valence-electron chi connectivity index (χ4n) is 0.674. The van der Waals surface area contributed by atoms with Gasteiger partial charge in [-0.15, -0.1) is 0 Å². The highest BCUT2D eigenvalue weighted by molar-refractivity contribution is 8.23. The molecule has 0 fully saturated rings. The summed E-state index contributed by atoms with van der Waals surface area (Å²) in [6.07, 6.45) is 0.412. The molecule has 0 aromatic heterocycles. The molecule has 2 amide bonds. The molecule has 0 aromatic carbocycles. The molecule has 92 valence electrons. The molecule has 5 nitrogen and oxygen atoms in total. The Morgan fingerprint density at radius 1 is 1.25 bits per heavy atom. The van der Waals surface area contributed by atoms with Crippen LogP contribution in [0.15, 0.2) is 0 Å². The Bertz CT molecular complexity index is 269. The molecule has 0 saturated heterocycles. The Balaban J connectivity index is 3.60. The van der Waals surface area contributed by atoms with Crippen LogP contribution in [-0.2, 0) is 9.59 Å². The summed E-state index contributed by atoms with van der Waals surface area (Å²) in [5.74, 6) is 0.0290. The average molecular weight is 263 g/mol. The maximum absolute atomic E-state index is 11.3. The monoisotopic (exact) mass is 263 g/mol. The van der Waals surface area contributed by atoms with Gasteiger partial charge in [-0.1, -0.05) is 30.9 Å². The summed E-state index contributed by atoms with van der Waals surface area (Å²) in [6, 6.07) is 0. The van der Waals surface area contributed by atoms with Crippen molar-refractivity contribution >= 4 is 40.1 Å². The summed E-state index contributed by atoms with van der Waals surface area (Å²) >= 11 is 6.30. The van der Waals surface area contributed by atoms with Crippen molar-refractivity contribution in [3.05, 3.63) is 0 Å². The number of nitrogens with zero attached hydrogens (tertiary/aromatic N) is 1. The molecule has 0 heterocycles. The third-order valence-electron chi connectivity index (χ3n) is 1.58. The van der Waals surface area contributed by atoms with E-state index in [4.69, 9.17) is 12.2 Å². The zero-order valence-corrected chi connectivity index (χ0v) is 11.3. The minimum atomic E-state index is -0.148. The fraction of sp³-hybridized carbons (Fsp3) is 0.667. The van der Waals surface area contributed by atoms with Gasteiger partial charge in [-0.25, -0.2) is 0 Å². The summed E-state index contributed by atoms with van der Waals surface area (Å²) in [7, 11) is 3.66. The van der Waals surface area contributed by atoms with E-state index in [1.54, 1.807) is 11.8 Å². The maximum Gasteiger partial charge on any atom is 0.231 e. The van der Waals surface area contributed by atoms with Gasteiger partial charge in [-0.05, 0) is 0 Å². The van der Waals surface area contributed by atoms with Gasteiger partial charge in [-0.2, -0.15) is 0 Å². The highest BCUT2D eigenvalue weighted by Gasteiger charge is 2.05. The van der Waals surface area contributed by atoms with E-state index in [9.17, 15) is 9.59 Å². The molecule has 7 heteroatoms. The van der Waals surface area contributed by atoms with E-state index in [0.717, 1.165) is 0 Å². The van der Waals surface area contributed by atoms with Crippen molar-refractivity contribution in [1.82, 2.24) is 15.5 Å². The lowest BCUT2D eigenvalue weighted by molar-refractivity contribution is -0.121. The second-order valence-corrected chi connectivity index (χ2v) is 4.79.